The molecule has 0 bridgehead atoms. The molecule has 0 saturated heterocycles. The van der Waals surface area contributed by atoms with Crippen LogP contribution in [0.3, 0.4) is 0 Å². The molecule has 0 saturated carbocycles. The van der Waals surface area contributed by atoms with Gasteiger partial charge in [-0.1, -0.05) is 59.9 Å². The number of benzene rings is 2. The van der Waals surface area contributed by atoms with Crippen LogP contribution in [0.2, 0.25) is 15.1 Å². The van der Waals surface area contributed by atoms with Crippen molar-refractivity contribution in [3.8, 4) is 0 Å². The highest BCUT2D eigenvalue weighted by molar-refractivity contribution is 6.39. The van der Waals surface area contributed by atoms with Gasteiger partial charge in [-0.3, -0.25) is 0 Å². The molecule has 0 amide bonds. The summed E-state index contributed by atoms with van der Waals surface area (Å²) < 4.78 is 0. The minimum absolute atomic E-state index is 0.121. The predicted molar refractivity (Wildman–Crippen MR) is 84.6 cm³/mol. The van der Waals surface area contributed by atoms with Gasteiger partial charge in [-0.2, -0.15) is 0 Å². The van der Waals surface area contributed by atoms with Crippen LogP contribution < -0.4 is 5.32 Å². The summed E-state index contributed by atoms with van der Waals surface area (Å²) in [4.78, 5) is 0. The van der Waals surface area contributed by atoms with Crippen molar-refractivity contribution < 1.29 is 0 Å². The van der Waals surface area contributed by atoms with E-state index in [0.29, 0.717) is 10.0 Å². The van der Waals surface area contributed by atoms with Crippen molar-refractivity contribution in [3.05, 3.63) is 63.1 Å². The molecule has 1 unspecified atom stereocenters. The monoisotopic (exact) mass is 313 g/mol. The second-order valence-corrected chi connectivity index (χ2v) is 5.51. The van der Waals surface area contributed by atoms with E-state index in [1.807, 2.05) is 42.5 Å². The summed E-state index contributed by atoms with van der Waals surface area (Å²) in [6.07, 6.45) is 0.905. The molecule has 0 aliphatic rings. The van der Waals surface area contributed by atoms with E-state index in [1.54, 1.807) is 0 Å². The molecule has 0 aliphatic carbocycles. The molecule has 1 nitrogen and oxygen atoms in total. The standard InChI is InChI=1S/C15H14Cl3N/c1-2-14(10-5-3-6-11(16)9-10)19-15-12(17)7-4-8-13(15)18/h3-9,14,19H,2H2,1H3. The van der Waals surface area contributed by atoms with Gasteiger partial charge in [-0.15, -0.1) is 0 Å². The zero-order valence-electron chi connectivity index (χ0n) is 10.5. The maximum atomic E-state index is 6.18. The summed E-state index contributed by atoms with van der Waals surface area (Å²) in [5.41, 5.74) is 1.88. The lowest BCUT2D eigenvalue weighted by molar-refractivity contribution is 0.749. The van der Waals surface area contributed by atoms with Crippen LogP contribution in [0, 0.1) is 0 Å². The average Bonchev–Trinajstić information content (AvgIpc) is 2.38. The van der Waals surface area contributed by atoms with Gasteiger partial charge in [0.25, 0.3) is 0 Å². The first-order valence-corrected chi connectivity index (χ1v) is 7.21. The van der Waals surface area contributed by atoms with Gasteiger partial charge in [0.1, 0.15) is 0 Å². The van der Waals surface area contributed by atoms with Crippen LogP contribution in [-0.2, 0) is 0 Å². The Labute approximate surface area is 128 Å². The van der Waals surface area contributed by atoms with Gasteiger partial charge in [-0.25, -0.2) is 0 Å². The summed E-state index contributed by atoms with van der Waals surface area (Å²) in [6.45, 7) is 2.10. The van der Waals surface area contributed by atoms with E-state index in [4.69, 9.17) is 34.8 Å². The van der Waals surface area contributed by atoms with Gasteiger partial charge in [0.15, 0.2) is 0 Å². The van der Waals surface area contributed by atoms with Crippen molar-refractivity contribution in [1.82, 2.24) is 0 Å². The summed E-state index contributed by atoms with van der Waals surface area (Å²) in [6, 6.07) is 13.4. The number of anilines is 1. The summed E-state index contributed by atoms with van der Waals surface area (Å²) in [7, 11) is 0. The number of hydrogen-bond acceptors (Lipinski definition) is 1. The van der Waals surface area contributed by atoms with E-state index < -0.39 is 0 Å². The Kier molecular flexibility index (Phi) is 4.98. The van der Waals surface area contributed by atoms with Crippen molar-refractivity contribution in [3.63, 3.8) is 0 Å². The van der Waals surface area contributed by atoms with Crippen molar-refractivity contribution in [2.45, 2.75) is 19.4 Å². The number of para-hydroxylation sites is 1. The summed E-state index contributed by atoms with van der Waals surface area (Å²) in [5.74, 6) is 0. The Balaban J connectivity index is 2.29. The zero-order chi connectivity index (χ0) is 13.8. The Morgan fingerprint density at radius 2 is 1.63 bits per heavy atom. The molecule has 0 radical (unpaired) electrons. The van der Waals surface area contributed by atoms with Crippen molar-refractivity contribution in [1.29, 1.82) is 0 Å². The van der Waals surface area contributed by atoms with Crippen LogP contribution in [0.25, 0.3) is 0 Å². The molecule has 2 aromatic rings. The third-order valence-corrected chi connectivity index (χ3v) is 3.81. The first kappa shape index (κ1) is 14.5. The van der Waals surface area contributed by atoms with Crippen LogP contribution in [0.4, 0.5) is 5.69 Å². The molecule has 100 valence electrons. The summed E-state index contributed by atoms with van der Waals surface area (Å²) in [5, 5.41) is 5.35. The van der Waals surface area contributed by atoms with Gasteiger partial charge >= 0.3 is 0 Å². The molecular formula is C15H14Cl3N. The van der Waals surface area contributed by atoms with Gasteiger partial charge < -0.3 is 5.32 Å². The maximum Gasteiger partial charge on any atom is 0.0723 e. The summed E-state index contributed by atoms with van der Waals surface area (Å²) >= 11 is 18.4. The number of hydrogen-bond donors (Lipinski definition) is 1. The van der Waals surface area contributed by atoms with Gasteiger partial charge in [-0.05, 0) is 36.2 Å². The molecule has 2 aromatic carbocycles. The molecule has 2 rings (SSSR count). The first-order chi connectivity index (χ1) is 9.11. The largest absolute Gasteiger partial charge is 0.376 e. The lowest BCUT2D eigenvalue weighted by atomic mass is 10.0. The first-order valence-electron chi connectivity index (χ1n) is 6.08. The Morgan fingerprint density at radius 1 is 1.00 bits per heavy atom. The van der Waals surface area contributed by atoms with Crippen LogP contribution in [0.15, 0.2) is 42.5 Å². The van der Waals surface area contributed by atoms with E-state index in [9.17, 15) is 0 Å². The van der Waals surface area contributed by atoms with E-state index >= 15 is 0 Å². The van der Waals surface area contributed by atoms with Crippen LogP contribution in [0.5, 0.6) is 0 Å². The molecule has 19 heavy (non-hydrogen) atoms. The average molecular weight is 315 g/mol. The van der Waals surface area contributed by atoms with Crippen molar-refractivity contribution in [2.24, 2.45) is 0 Å². The normalized spacial score (nSPS) is 12.2. The van der Waals surface area contributed by atoms with E-state index in [1.165, 1.54) is 0 Å². The molecule has 1 N–H and O–H groups in total. The quantitative estimate of drug-likeness (QED) is 0.707. The second-order valence-electron chi connectivity index (χ2n) is 4.26. The molecule has 4 heteroatoms. The number of rotatable bonds is 4. The predicted octanol–water partition coefficient (Wildman–Crippen LogP) is 6.21. The third-order valence-electron chi connectivity index (χ3n) is 2.94. The highest BCUT2D eigenvalue weighted by atomic mass is 35.5. The Bertz CT molecular complexity index is 549. The lowest BCUT2D eigenvalue weighted by Crippen LogP contribution is -2.10. The second kappa shape index (κ2) is 6.51. The Morgan fingerprint density at radius 3 is 2.21 bits per heavy atom. The molecule has 0 heterocycles. The number of halogens is 3. The van der Waals surface area contributed by atoms with Gasteiger partial charge in [0.05, 0.1) is 21.8 Å². The van der Waals surface area contributed by atoms with E-state index in [2.05, 4.69) is 12.2 Å². The zero-order valence-corrected chi connectivity index (χ0v) is 12.7. The highest BCUT2D eigenvalue weighted by Crippen LogP contribution is 2.34. The maximum absolute atomic E-state index is 6.18. The minimum Gasteiger partial charge on any atom is -0.376 e. The molecule has 1 atom stereocenters. The van der Waals surface area contributed by atoms with Crippen LogP contribution in [-0.4, -0.2) is 0 Å². The fourth-order valence-electron chi connectivity index (χ4n) is 1.95. The molecular weight excluding hydrogens is 301 g/mol. The fourth-order valence-corrected chi connectivity index (χ4v) is 2.66. The van der Waals surface area contributed by atoms with Crippen molar-refractivity contribution in [2.75, 3.05) is 5.32 Å². The molecule has 0 spiro atoms. The lowest BCUT2D eigenvalue weighted by Gasteiger charge is -2.20. The molecule has 0 aliphatic heterocycles. The third kappa shape index (κ3) is 3.56. The van der Waals surface area contributed by atoms with Gasteiger partial charge in [0.2, 0.25) is 0 Å². The molecule has 0 fully saturated rings. The highest BCUT2D eigenvalue weighted by Gasteiger charge is 2.13. The minimum atomic E-state index is 0.121. The van der Waals surface area contributed by atoms with Crippen LogP contribution >= 0.6 is 34.8 Å². The Hall–Kier alpha value is -0.890. The van der Waals surface area contributed by atoms with Gasteiger partial charge in [0, 0.05) is 5.02 Å². The fraction of sp³-hybridized carbons (Fsp3) is 0.200. The smallest absolute Gasteiger partial charge is 0.0723 e. The number of nitrogens with one attached hydrogen (secondary N) is 1. The van der Waals surface area contributed by atoms with E-state index in [-0.39, 0.29) is 6.04 Å². The van der Waals surface area contributed by atoms with Crippen molar-refractivity contribution >= 4 is 40.5 Å². The SMILES string of the molecule is CCC(Nc1c(Cl)cccc1Cl)c1cccc(Cl)c1. The molecule has 0 aromatic heterocycles. The van der Waals surface area contributed by atoms with Crippen LogP contribution in [0.1, 0.15) is 24.9 Å². The van der Waals surface area contributed by atoms with E-state index in [0.717, 1.165) is 22.7 Å². The topological polar surface area (TPSA) is 12.0 Å².